The van der Waals surface area contributed by atoms with E-state index in [9.17, 15) is 4.79 Å². The Kier molecular flexibility index (Phi) is 3.65. The fourth-order valence-corrected chi connectivity index (χ4v) is 2.62. The molecule has 0 saturated heterocycles. The SMILES string of the molecule is C=CC(CCC)N1C(=O)c2ccccc2OC1(C)C. The number of rotatable bonds is 4. The summed E-state index contributed by atoms with van der Waals surface area (Å²) >= 11 is 0. The van der Waals surface area contributed by atoms with Crippen LogP contribution in [0.5, 0.6) is 5.75 Å². The lowest BCUT2D eigenvalue weighted by Gasteiger charge is -2.46. The summed E-state index contributed by atoms with van der Waals surface area (Å²) in [6, 6.07) is 7.40. The fraction of sp³-hybridized carbons (Fsp3) is 0.438. The zero-order valence-electron chi connectivity index (χ0n) is 11.8. The second kappa shape index (κ2) is 5.08. The quantitative estimate of drug-likeness (QED) is 0.773. The second-order valence-electron chi connectivity index (χ2n) is 5.31. The molecular formula is C16H21NO2. The van der Waals surface area contributed by atoms with Gasteiger partial charge in [-0.1, -0.05) is 31.6 Å². The van der Waals surface area contributed by atoms with Gasteiger partial charge in [0.05, 0.1) is 11.6 Å². The number of carbonyl (C=O) groups is 1. The first-order chi connectivity index (χ1) is 9.01. The van der Waals surface area contributed by atoms with Crippen LogP contribution in [-0.2, 0) is 0 Å². The number of fused-ring (bicyclic) bond motifs is 1. The Morgan fingerprint density at radius 2 is 2.11 bits per heavy atom. The Bertz CT molecular complexity index is 493. The molecule has 0 saturated carbocycles. The van der Waals surface area contributed by atoms with E-state index in [1.807, 2.05) is 44.2 Å². The van der Waals surface area contributed by atoms with Crippen LogP contribution in [-0.4, -0.2) is 22.6 Å². The van der Waals surface area contributed by atoms with Crippen LogP contribution < -0.4 is 4.74 Å². The molecule has 3 nitrogen and oxygen atoms in total. The van der Waals surface area contributed by atoms with Crippen molar-refractivity contribution >= 4 is 5.91 Å². The van der Waals surface area contributed by atoms with Crippen LogP contribution in [0.2, 0.25) is 0 Å². The Balaban J connectivity index is 2.44. The first-order valence-corrected chi connectivity index (χ1v) is 6.75. The molecule has 1 atom stereocenters. The molecule has 0 radical (unpaired) electrons. The Hall–Kier alpha value is -1.77. The standard InChI is InChI=1S/C16H21NO2/c1-5-9-12(6-2)17-15(18)13-10-7-8-11-14(13)19-16(17,3)4/h6-8,10-12H,2,5,9H2,1,3-4H3. The maximum absolute atomic E-state index is 12.7. The maximum Gasteiger partial charge on any atom is 0.261 e. The van der Waals surface area contributed by atoms with E-state index in [0.717, 1.165) is 12.8 Å². The molecule has 1 aromatic rings. The Morgan fingerprint density at radius 3 is 2.74 bits per heavy atom. The zero-order chi connectivity index (χ0) is 14.0. The molecule has 1 aliphatic rings. The van der Waals surface area contributed by atoms with Gasteiger partial charge in [0.1, 0.15) is 5.75 Å². The van der Waals surface area contributed by atoms with Crippen LogP contribution in [0.15, 0.2) is 36.9 Å². The first-order valence-electron chi connectivity index (χ1n) is 6.75. The molecule has 0 aromatic heterocycles. The molecule has 1 aliphatic heterocycles. The van der Waals surface area contributed by atoms with E-state index in [2.05, 4.69) is 13.5 Å². The van der Waals surface area contributed by atoms with Crippen LogP contribution >= 0.6 is 0 Å². The van der Waals surface area contributed by atoms with Gasteiger partial charge >= 0.3 is 0 Å². The molecule has 0 aliphatic carbocycles. The zero-order valence-corrected chi connectivity index (χ0v) is 11.8. The first kappa shape index (κ1) is 13.7. The van der Waals surface area contributed by atoms with E-state index in [0.29, 0.717) is 11.3 Å². The van der Waals surface area contributed by atoms with Gasteiger partial charge in [-0.15, -0.1) is 6.58 Å². The highest BCUT2D eigenvalue weighted by Crippen LogP contribution is 2.35. The number of ether oxygens (including phenoxy) is 1. The summed E-state index contributed by atoms with van der Waals surface area (Å²) in [6.07, 6.45) is 3.73. The van der Waals surface area contributed by atoms with Gasteiger partial charge in [0.15, 0.2) is 5.72 Å². The molecule has 0 spiro atoms. The van der Waals surface area contributed by atoms with E-state index in [-0.39, 0.29) is 11.9 Å². The number of hydrogen-bond donors (Lipinski definition) is 0. The molecule has 1 unspecified atom stereocenters. The Morgan fingerprint density at radius 1 is 1.42 bits per heavy atom. The number of amides is 1. The van der Waals surface area contributed by atoms with Crippen molar-refractivity contribution in [3.05, 3.63) is 42.5 Å². The summed E-state index contributed by atoms with van der Waals surface area (Å²) < 4.78 is 5.99. The summed E-state index contributed by atoms with van der Waals surface area (Å²) in [5, 5.41) is 0. The number of hydrogen-bond acceptors (Lipinski definition) is 2. The summed E-state index contributed by atoms with van der Waals surface area (Å²) in [7, 11) is 0. The lowest BCUT2D eigenvalue weighted by molar-refractivity contribution is -0.0622. The third-order valence-electron chi connectivity index (χ3n) is 3.46. The van der Waals surface area contributed by atoms with Crippen molar-refractivity contribution < 1.29 is 9.53 Å². The van der Waals surface area contributed by atoms with Gasteiger partial charge in [-0.2, -0.15) is 0 Å². The molecule has 0 N–H and O–H groups in total. The van der Waals surface area contributed by atoms with Crippen molar-refractivity contribution in [1.82, 2.24) is 4.90 Å². The Labute approximate surface area is 114 Å². The molecular weight excluding hydrogens is 238 g/mol. The smallest absolute Gasteiger partial charge is 0.261 e. The van der Waals surface area contributed by atoms with Crippen molar-refractivity contribution in [3.63, 3.8) is 0 Å². The van der Waals surface area contributed by atoms with Crippen molar-refractivity contribution in [1.29, 1.82) is 0 Å². The molecule has 102 valence electrons. The minimum absolute atomic E-state index is 0.000793. The van der Waals surface area contributed by atoms with Crippen LogP contribution in [0.4, 0.5) is 0 Å². The predicted octanol–water partition coefficient (Wildman–Crippen LogP) is 3.61. The average molecular weight is 259 g/mol. The van der Waals surface area contributed by atoms with Gasteiger partial charge in [0, 0.05) is 0 Å². The third kappa shape index (κ3) is 2.37. The van der Waals surface area contributed by atoms with E-state index >= 15 is 0 Å². The highest BCUT2D eigenvalue weighted by molar-refractivity contribution is 5.98. The summed E-state index contributed by atoms with van der Waals surface area (Å²) in [5.74, 6) is 0.679. The average Bonchev–Trinajstić information content (AvgIpc) is 2.36. The number of nitrogens with zero attached hydrogens (tertiary/aromatic N) is 1. The van der Waals surface area contributed by atoms with E-state index in [4.69, 9.17) is 4.74 Å². The van der Waals surface area contributed by atoms with Gasteiger partial charge < -0.3 is 4.74 Å². The molecule has 19 heavy (non-hydrogen) atoms. The van der Waals surface area contributed by atoms with E-state index < -0.39 is 5.72 Å². The molecule has 1 aromatic carbocycles. The van der Waals surface area contributed by atoms with Gasteiger partial charge in [-0.3, -0.25) is 9.69 Å². The lowest BCUT2D eigenvalue weighted by atomic mass is 10.0. The van der Waals surface area contributed by atoms with Crippen LogP contribution in [0.25, 0.3) is 0 Å². The molecule has 1 amide bonds. The third-order valence-corrected chi connectivity index (χ3v) is 3.46. The fourth-order valence-electron chi connectivity index (χ4n) is 2.62. The van der Waals surface area contributed by atoms with Gasteiger partial charge in [0.2, 0.25) is 0 Å². The van der Waals surface area contributed by atoms with Crippen molar-refractivity contribution in [2.75, 3.05) is 0 Å². The number of benzene rings is 1. The van der Waals surface area contributed by atoms with Crippen LogP contribution in [0.1, 0.15) is 44.0 Å². The predicted molar refractivity (Wildman–Crippen MR) is 76.2 cm³/mol. The van der Waals surface area contributed by atoms with Crippen molar-refractivity contribution in [3.8, 4) is 5.75 Å². The van der Waals surface area contributed by atoms with Crippen molar-refractivity contribution in [2.24, 2.45) is 0 Å². The monoisotopic (exact) mass is 259 g/mol. The topological polar surface area (TPSA) is 29.5 Å². The molecule has 0 bridgehead atoms. The second-order valence-corrected chi connectivity index (χ2v) is 5.31. The minimum Gasteiger partial charge on any atom is -0.468 e. The molecule has 2 rings (SSSR count). The highest BCUT2D eigenvalue weighted by atomic mass is 16.5. The molecule has 0 fully saturated rings. The highest BCUT2D eigenvalue weighted by Gasteiger charge is 2.42. The molecule has 1 heterocycles. The summed E-state index contributed by atoms with van der Waals surface area (Å²) in [4.78, 5) is 14.5. The summed E-state index contributed by atoms with van der Waals surface area (Å²) in [5.41, 5.74) is -0.0239. The minimum atomic E-state index is -0.653. The largest absolute Gasteiger partial charge is 0.468 e. The lowest BCUT2D eigenvalue weighted by Crippen LogP contribution is -2.58. The van der Waals surface area contributed by atoms with E-state index in [1.54, 1.807) is 4.90 Å². The number of para-hydroxylation sites is 1. The van der Waals surface area contributed by atoms with Gasteiger partial charge in [-0.25, -0.2) is 0 Å². The van der Waals surface area contributed by atoms with Crippen LogP contribution in [0.3, 0.4) is 0 Å². The van der Waals surface area contributed by atoms with E-state index in [1.165, 1.54) is 0 Å². The number of carbonyl (C=O) groups excluding carboxylic acids is 1. The van der Waals surface area contributed by atoms with Crippen molar-refractivity contribution in [2.45, 2.75) is 45.4 Å². The maximum atomic E-state index is 12.7. The molecule has 3 heteroatoms. The van der Waals surface area contributed by atoms with Crippen LogP contribution in [0, 0.1) is 0 Å². The van der Waals surface area contributed by atoms with Gasteiger partial charge in [0.25, 0.3) is 5.91 Å². The normalized spacial score (nSPS) is 18.5. The van der Waals surface area contributed by atoms with Gasteiger partial charge in [-0.05, 0) is 32.4 Å². The summed E-state index contributed by atoms with van der Waals surface area (Å²) in [6.45, 7) is 9.81.